The summed E-state index contributed by atoms with van der Waals surface area (Å²) in [7, 11) is 0. The van der Waals surface area contributed by atoms with Crippen LogP contribution in [0.1, 0.15) is 11.6 Å². The summed E-state index contributed by atoms with van der Waals surface area (Å²) >= 11 is 0. The summed E-state index contributed by atoms with van der Waals surface area (Å²) in [6.07, 6.45) is -4.61. The van der Waals surface area contributed by atoms with Crippen LogP contribution in [0.15, 0.2) is 24.3 Å². The van der Waals surface area contributed by atoms with Crippen LogP contribution in [-0.2, 0) is 0 Å². The third-order valence-corrected chi connectivity index (χ3v) is 1.59. The van der Waals surface area contributed by atoms with Crippen molar-refractivity contribution < 1.29 is 17.6 Å². The number of rotatable bonds is 1. The molecule has 0 aliphatic carbocycles. The number of hydrogen-bond acceptors (Lipinski definition) is 1. The van der Waals surface area contributed by atoms with Gasteiger partial charge < -0.3 is 5.73 Å². The molecule has 1 atom stereocenters. The minimum absolute atomic E-state index is 0.532. The average Bonchev–Trinajstić information content (AvgIpc) is 2.02. The van der Waals surface area contributed by atoms with Gasteiger partial charge in [-0.2, -0.15) is 13.2 Å². The normalized spacial score (nSPS) is 14.2. The van der Waals surface area contributed by atoms with Crippen molar-refractivity contribution in [2.75, 3.05) is 0 Å². The van der Waals surface area contributed by atoms with E-state index in [1.807, 2.05) is 0 Å². The Hall–Kier alpha value is -1.10. The molecule has 1 unspecified atom stereocenters. The van der Waals surface area contributed by atoms with Crippen LogP contribution in [0.4, 0.5) is 17.6 Å². The highest BCUT2D eigenvalue weighted by Gasteiger charge is 2.39. The van der Waals surface area contributed by atoms with Crippen LogP contribution in [0.2, 0.25) is 0 Å². The van der Waals surface area contributed by atoms with E-state index in [2.05, 4.69) is 0 Å². The van der Waals surface area contributed by atoms with Crippen molar-refractivity contribution in [1.82, 2.24) is 0 Å². The maximum atomic E-state index is 12.8. The maximum absolute atomic E-state index is 12.8. The van der Waals surface area contributed by atoms with Crippen LogP contribution in [0, 0.1) is 5.82 Å². The van der Waals surface area contributed by atoms with E-state index < -0.39 is 23.6 Å². The number of benzene rings is 1. The molecular formula is C8H7F4N. The summed E-state index contributed by atoms with van der Waals surface area (Å²) in [5, 5.41) is 0. The van der Waals surface area contributed by atoms with E-state index in [1.54, 1.807) is 0 Å². The SMILES string of the molecule is NC(c1ccccc1F)C(F)(F)F. The monoisotopic (exact) mass is 193 g/mol. The van der Waals surface area contributed by atoms with Gasteiger partial charge in [0, 0.05) is 5.56 Å². The highest BCUT2D eigenvalue weighted by atomic mass is 19.4. The van der Waals surface area contributed by atoms with E-state index in [1.165, 1.54) is 12.1 Å². The molecule has 2 N–H and O–H groups in total. The first-order chi connectivity index (χ1) is 5.93. The topological polar surface area (TPSA) is 26.0 Å². The molecule has 1 rings (SSSR count). The molecule has 1 aromatic rings. The summed E-state index contributed by atoms with van der Waals surface area (Å²) in [4.78, 5) is 0. The summed E-state index contributed by atoms with van der Waals surface area (Å²) in [6, 6.07) is 2.33. The minimum Gasteiger partial charge on any atom is -0.316 e. The lowest BCUT2D eigenvalue weighted by atomic mass is 10.1. The van der Waals surface area contributed by atoms with E-state index >= 15 is 0 Å². The highest BCUT2D eigenvalue weighted by Crippen LogP contribution is 2.31. The number of alkyl halides is 3. The first kappa shape index (κ1) is 9.98. The Morgan fingerprint density at radius 3 is 2.15 bits per heavy atom. The summed E-state index contributed by atoms with van der Waals surface area (Å²) in [6.45, 7) is 0. The minimum atomic E-state index is -4.61. The van der Waals surface area contributed by atoms with Crippen molar-refractivity contribution in [3.8, 4) is 0 Å². The van der Waals surface area contributed by atoms with Gasteiger partial charge in [-0.15, -0.1) is 0 Å². The van der Waals surface area contributed by atoms with Crippen LogP contribution in [-0.4, -0.2) is 6.18 Å². The fraction of sp³-hybridized carbons (Fsp3) is 0.250. The molecule has 0 fully saturated rings. The number of halogens is 4. The second kappa shape index (κ2) is 3.33. The van der Waals surface area contributed by atoms with Crippen molar-refractivity contribution in [2.45, 2.75) is 12.2 Å². The first-order valence-corrected chi connectivity index (χ1v) is 3.49. The molecule has 0 aliphatic heterocycles. The maximum Gasteiger partial charge on any atom is 0.407 e. The Kier molecular flexibility index (Phi) is 2.56. The molecule has 0 spiro atoms. The van der Waals surface area contributed by atoms with E-state index in [4.69, 9.17) is 5.73 Å². The third-order valence-electron chi connectivity index (χ3n) is 1.59. The van der Waals surface area contributed by atoms with Gasteiger partial charge in [-0.3, -0.25) is 0 Å². The van der Waals surface area contributed by atoms with Crippen LogP contribution in [0.3, 0.4) is 0 Å². The number of nitrogens with two attached hydrogens (primary N) is 1. The zero-order valence-electron chi connectivity index (χ0n) is 6.48. The predicted octanol–water partition coefficient (Wildman–Crippen LogP) is 2.39. The fourth-order valence-corrected chi connectivity index (χ4v) is 0.904. The van der Waals surface area contributed by atoms with Crippen LogP contribution in [0.25, 0.3) is 0 Å². The van der Waals surface area contributed by atoms with E-state index in [0.717, 1.165) is 12.1 Å². The average molecular weight is 193 g/mol. The Morgan fingerprint density at radius 2 is 1.69 bits per heavy atom. The molecule has 1 nitrogen and oxygen atoms in total. The van der Waals surface area contributed by atoms with Gasteiger partial charge >= 0.3 is 6.18 Å². The van der Waals surface area contributed by atoms with Crippen molar-refractivity contribution in [3.05, 3.63) is 35.6 Å². The quantitative estimate of drug-likeness (QED) is 0.681. The molecule has 0 heterocycles. The Bertz CT molecular complexity index is 294. The lowest BCUT2D eigenvalue weighted by molar-refractivity contribution is -0.149. The second-order valence-corrected chi connectivity index (χ2v) is 2.54. The van der Waals surface area contributed by atoms with Gasteiger partial charge in [-0.05, 0) is 6.07 Å². The zero-order valence-corrected chi connectivity index (χ0v) is 6.48. The van der Waals surface area contributed by atoms with Gasteiger partial charge in [0.1, 0.15) is 11.9 Å². The third kappa shape index (κ3) is 2.18. The second-order valence-electron chi connectivity index (χ2n) is 2.54. The zero-order chi connectivity index (χ0) is 10.1. The standard InChI is InChI=1S/C8H7F4N/c9-6-4-2-1-3-5(6)7(13)8(10,11)12/h1-4,7H,13H2. The molecule has 1 aromatic carbocycles. The van der Waals surface area contributed by atoms with Crippen LogP contribution < -0.4 is 5.73 Å². The summed E-state index contributed by atoms with van der Waals surface area (Å²) in [5.41, 5.74) is 4.28. The molecule has 72 valence electrons. The van der Waals surface area contributed by atoms with Gasteiger partial charge in [0.05, 0.1) is 0 Å². The van der Waals surface area contributed by atoms with Crippen LogP contribution in [0.5, 0.6) is 0 Å². The summed E-state index contributed by atoms with van der Waals surface area (Å²) < 4.78 is 48.9. The molecule has 5 heteroatoms. The van der Waals surface area contributed by atoms with Gasteiger partial charge in [-0.25, -0.2) is 4.39 Å². The van der Waals surface area contributed by atoms with Crippen molar-refractivity contribution >= 4 is 0 Å². The molecular weight excluding hydrogens is 186 g/mol. The Balaban J connectivity index is 3.02. The molecule has 0 saturated carbocycles. The molecule has 0 radical (unpaired) electrons. The smallest absolute Gasteiger partial charge is 0.316 e. The predicted molar refractivity (Wildman–Crippen MR) is 39.4 cm³/mol. The van der Waals surface area contributed by atoms with E-state index in [-0.39, 0.29) is 0 Å². The lowest BCUT2D eigenvalue weighted by Gasteiger charge is -2.15. The molecule has 0 aliphatic rings. The van der Waals surface area contributed by atoms with E-state index in [9.17, 15) is 17.6 Å². The van der Waals surface area contributed by atoms with Gasteiger partial charge in [0.15, 0.2) is 0 Å². The van der Waals surface area contributed by atoms with Gasteiger partial charge in [-0.1, -0.05) is 18.2 Å². The Labute approximate surface area is 72.2 Å². The van der Waals surface area contributed by atoms with E-state index in [0.29, 0.717) is 0 Å². The molecule has 0 saturated heterocycles. The molecule has 0 bridgehead atoms. The van der Waals surface area contributed by atoms with Crippen molar-refractivity contribution in [2.24, 2.45) is 5.73 Å². The van der Waals surface area contributed by atoms with Crippen molar-refractivity contribution in [1.29, 1.82) is 0 Å². The highest BCUT2D eigenvalue weighted by molar-refractivity contribution is 5.21. The fourth-order valence-electron chi connectivity index (χ4n) is 0.904. The number of hydrogen-bond donors (Lipinski definition) is 1. The first-order valence-electron chi connectivity index (χ1n) is 3.49. The largest absolute Gasteiger partial charge is 0.407 e. The Morgan fingerprint density at radius 1 is 1.15 bits per heavy atom. The van der Waals surface area contributed by atoms with Gasteiger partial charge in [0.2, 0.25) is 0 Å². The van der Waals surface area contributed by atoms with Gasteiger partial charge in [0.25, 0.3) is 0 Å². The molecule has 0 aromatic heterocycles. The molecule has 13 heavy (non-hydrogen) atoms. The summed E-state index contributed by atoms with van der Waals surface area (Å²) in [5.74, 6) is -0.938. The van der Waals surface area contributed by atoms with Crippen LogP contribution >= 0.6 is 0 Å². The van der Waals surface area contributed by atoms with Crippen molar-refractivity contribution in [3.63, 3.8) is 0 Å². The lowest BCUT2D eigenvalue weighted by Crippen LogP contribution is -2.29. The molecule has 0 amide bonds.